The molecule has 0 atom stereocenters. The first-order valence-corrected chi connectivity index (χ1v) is 6.35. The van der Waals surface area contributed by atoms with E-state index in [9.17, 15) is 0 Å². The molecule has 0 unspecified atom stereocenters. The fourth-order valence-electron chi connectivity index (χ4n) is 2.11. The van der Waals surface area contributed by atoms with Gasteiger partial charge in [-0.1, -0.05) is 17.7 Å². The molecule has 2 heterocycles. The summed E-state index contributed by atoms with van der Waals surface area (Å²) in [6, 6.07) is 9.51. The normalized spacial score (nSPS) is 11.1. The zero-order chi connectivity index (χ0) is 13.4. The van der Waals surface area contributed by atoms with E-state index >= 15 is 0 Å². The summed E-state index contributed by atoms with van der Waals surface area (Å²) in [5, 5.41) is 0.673. The predicted octanol–water partition coefficient (Wildman–Crippen LogP) is 3.02. The van der Waals surface area contributed by atoms with E-state index in [1.54, 1.807) is 6.20 Å². The molecule has 2 aromatic heterocycles. The molecule has 4 nitrogen and oxygen atoms in total. The minimum Gasteiger partial charge on any atom is -0.369 e. The van der Waals surface area contributed by atoms with Crippen LogP contribution < -0.4 is 5.73 Å². The van der Waals surface area contributed by atoms with Gasteiger partial charge >= 0.3 is 0 Å². The second-order valence-corrected chi connectivity index (χ2v) is 4.89. The first kappa shape index (κ1) is 12.0. The lowest BCUT2D eigenvalue weighted by atomic mass is 10.2. The molecule has 0 amide bonds. The van der Waals surface area contributed by atoms with Gasteiger partial charge in [0.2, 0.25) is 5.95 Å². The van der Waals surface area contributed by atoms with Crippen molar-refractivity contribution < 1.29 is 0 Å². The molecule has 0 saturated carbocycles. The van der Waals surface area contributed by atoms with Crippen LogP contribution in [0, 0.1) is 6.92 Å². The minimum atomic E-state index is 0.474. The Kier molecular flexibility index (Phi) is 2.87. The Morgan fingerprint density at radius 1 is 1.32 bits per heavy atom. The van der Waals surface area contributed by atoms with Gasteiger partial charge in [-0.2, -0.15) is 0 Å². The molecule has 3 rings (SSSR count). The van der Waals surface area contributed by atoms with E-state index in [4.69, 9.17) is 17.3 Å². The number of aryl methyl sites for hydroxylation is 1. The fraction of sp³-hybridized carbons (Fsp3) is 0.143. The van der Waals surface area contributed by atoms with Gasteiger partial charge in [0.05, 0.1) is 23.3 Å². The molecule has 1 aromatic carbocycles. The molecule has 0 fully saturated rings. The molecular weight excluding hydrogens is 260 g/mol. The number of hydrogen-bond acceptors (Lipinski definition) is 3. The zero-order valence-electron chi connectivity index (χ0n) is 10.5. The van der Waals surface area contributed by atoms with Crippen molar-refractivity contribution in [3.63, 3.8) is 0 Å². The van der Waals surface area contributed by atoms with Gasteiger partial charge in [0.25, 0.3) is 0 Å². The van der Waals surface area contributed by atoms with Crippen molar-refractivity contribution in [3.8, 4) is 0 Å². The van der Waals surface area contributed by atoms with E-state index in [1.165, 1.54) is 0 Å². The Bertz CT molecular complexity index is 748. The summed E-state index contributed by atoms with van der Waals surface area (Å²) in [6.07, 6.45) is 1.78. The number of hydrogen-bond donors (Lipinski definition) is 1. The summed E-state index contributed by atoms with van der Waals surface area (Å²) in [5.41, 5.74) is 9.86. The topological polar surface area (TPSA) is 56.7 Å². The van der Waals surface area contributed by atoms with Crippen molar-refractivity contribution >= 4 is 28.6 Å². The van der Waals surface area contributed by atoms with E-state index in [2.05, 4.69) is 9.97 Å². The van der Waals surface area contributed by atoms with E-state index < -0.39 is 0 Å². The first-order valence-electron chi connectivity index (χ1n) is 5.97. The summed E-state index contributed by atoms with van der Waals surface area (Å²) >= 11 is 6.04. The number of anilines is 1. The molecule has 3 aromatic rings. The molecule has 0 aliphatic heterocycles. The number of rotatable bonds is 2. The van der Waals surface area contributed by atoms with Crippen LogP contribution in [0.1, 0.15) is 11.3 Å². The Morgan fingerprint density at radius 2 is 2.16 bits per heavy atom. The van der Waals surface area contributed by atoms with Crippen LogP contribution in [0.2, 0.25) is 5.02 Å². The number of aromatic nitrogens is 3. The van der Waals surface area contributed by atoms with Gasteiger partial charge < -0.3 is 10.3 Å². The standard InChI is InChI=1S/C14H13ClN4/c1-9-3-2-6-17-12(9)8-19-13-7-10(15)4-5-11(13)18-14(19)16/h2-7H,8H2,1H3,(H2,16,18). The van der Waals surface area contributed by atoms with Gasteiger partial charge in [-0.25, -0.2) is 4.98 Å². The van der Waals surface area contributed by atoms with Crippen molar-refractivity contribution in [2.75, 3.05) is 5.73 Å². The van der Waals surface area contributed by atoms with Crippen molar-refractivity contribution in [3.05, 3.63) is 52.8 Å². The Labute approximate surface area is 115 Å². The smallest absolute Gasteiger partial charge is 0.201 e. The summed E-state index contributed by atoms with van der Waals surface area (Å²) in [6.45, 7) is 2.62. The summed E-state index contributed by atoms with van der Waals surface area (Å²) in [4.78, 5) is 8.72. The molecule has 96 valence electrons. The van der Waals surface area contributed by atoms with Crippen LogP contribution in [0.3, 0.4) is 0 Å². The molecule has 0 radical (unpaired) electrons. The number of benzene rings is 1. The van der Waals surface area contributed by atoms with Gasteiger partial charge in [-0.05, 0) is 36.8 Å². The van der Waals surface area contributed by atoms with Crippen molar-refractivity contribution in [1.82, 2.24) is 14.5 Å². The summed E-state index contributed by atoms with van der Waals surface area (Å²) in [7, 11) is 0. The van der Waals surface area contributed by atoms with E-state index in [0.717, 1.165) is 22.3 Å². The Balaban J connectivity index is 2.12. The highest BCUT2D eigenvalue weighted by atomic mass is 35.5. The van der Waals surface area contributed by atoms with Gasteiger partial charge in [-0.15, -0.1) is 0 Å². The predicted molar refractivity (Wildman–Crippen MR) is 77.2 cm³/mol. The number of pyridine rings is 1. The molecule has 0 spiro atoms. The number of imidazole rings is 1. The molecule has 0 aliphatic carbocycles. The maximum absolute atomic E-state index is 6.04. The molecule has 0 bridgehead atoms. The van der Waals surface area contributed by atoms with Crippen molar-refractivity contribution in [1.29, 1.82) is 0 Å². The van der Waals surface area contributed by atoms with Gasteiger partial charge in [0.15, 0.2) is 0 Å². The summed E-state index contributed by atoms with van der Waals surface area (Å²) in [5.74, 6) is 0.474. The van der Waals surface area contributed by atoms with Crippen molar-refractivity contribution in [2.24, 2.45) is 0 Å². The third-order valence-electron chi connectivity index (χ3n) is 3.17. The number of nitrogens with two attached hydrogens (primary N) is 1. The second kappa shape index (κ2) is 4.55. The van der Waals surface area contributed by atoms with Gasteiger partial charge in [0.1, 0.15) is 0 Å². The summed E-state index contributed by atoms with van der Waals surface area (Å²) < 4.78 is 1.93. The first-order chi connectivity index (χ1) is 9.15. The lowest BCUT2D eigenvalue weighted by molar-refractivity contribution is 0.802. The van der Waals surface area contributed by atoms with E-state index in [0.29, 0.717) is 17.5 Å². The highest BCUT2D eigenvalue weighted by Crippen LogP contribution is 2.23. The molecule has 0 aliphatic rings. The number of fused-ring (bicyclic) bond motifs is 1. The second-order valence-electron chi connectivity index (χ2n) is 4.46. The third kappa shape index (κ3) is 2.15. The highest BCUT2D eigenvalue weighted by Gasteiger charge is 2.10. The maximum Gasteiger partial charge on any atom is 0.201 e. The van der Waals surface area contributed by atoms with Crippen LogP contribution in [-0.2, 0) is 6.54 Å². The molecule has 0 saturated heterocycles. The molecule has 2 N–H and O–H groups in total. The number of nitrogen functional groups attached to an aromatic ring is 1. The van der Waals surface area contributed by atoms with Crippen molar-refractivity contribution in [2.45, 2.75) is 13.5 Å². The number of halogens is 1. The third-order valence-corrected chi connectivity index (χ3v) is 3.40. The minimum absolute atomic E-state index is 0.474. The molecule has 19 heavy (non-hydrogen) atoms. The highest BCUT2D eigenvalue weighted by molar-refractivity contribution is 6.31. The van der Waals surface area contributed by atoms with Crippen LogP contribution in [0.25, 0.3) is 11.0 Å². The van der Waals surface area contributed by atoms with Gasteiger partial charge in [0, 0.05) is 11.2 Å². The fourth-order valence-corrected chi connectivity index (χ4v) is 2.28. The maximum atomic E-state index is 6.04. The molecular formula is C14H13ClN4. The average molecular weight is 273 g/mol. The largest absolute Gasteiger partial charge is 0.369 e. The Hall–Kier alpha value is -2.07. The lowest BCUT2D eigenvalue weighted by Gasteiger charge is -2.08. The van der Waals surface area contributed by atoms with Gasteiger partial charge in [-0.3, -0.25) is 4.98 Å². The van der Waals surface area contributed by atoms with E-state index in [-0.39, 0.29) is 0 Å². The van der Waals surface area contributed by atoms with E-state index in [1.807, 2.05) is 41.8 Å². The van der Waals surface area contributed by atoms with Crippen LogP contribution in [0.5, 0.6) is 0 Å². The zero-order valence-corrected chi connectivity index (χ0v) is 11.2. The SMILES string of the molecule is Cc1cccnc1Cn1c(N)nc2ccc(Cl)cc21. The Morgan fingerprint density at radius 3 is 2.95 bits per heavy atom. The van der Waals surface area contributed by atoms with Crippen LogP contribution in [-0.4, -0.2) is 14.5 Å². The monoisotopic (exact) mass is 272 g/mol. The van der Waals surface area contributed by atoms with Crippen LogP contribution in [0.15, 0.2) is 36.5 Å². The molecule has 5 heteroatoms. The quantitative estimate of drug-likeness (QED) is 0.780. The lowest BCUT2D eigenvalue weighted by Crippen LogP contribution is -2.07. The van der Waals surface area contributed by atoms with Crippen LogP contribution in [0.4, 0.5) is 5.95 Å². The number of nitrogens with zero attached hydrogens (tertiary/aromatic N) is 3. The average Bonchev–Trinajstić information content (AvgIpc) is 2.69. The van der Waals surface area contributed by atoms with Crippen LogP contribution >= 0.6 is 11.6 Å².